The Kier molecular flexibility index (Phi) is 6.88. The number of hydrogen-bond donors (Lipinski definition) is 1. The summed E-state index contributed by atoms with van der Waals surface area (Å²) in [6.45, 7) is 5.13. The number of thiocarbonyl (C=S) groups is 1. The van der Waals surface area contributed by atoms with Crippen LogP contribution in [0.5, 0.6) is 0 Å². The van der Waals surface area contributed by atoms with E-state index in [4.69, 9.17) is 35.4 Å². The third kappa shape index (κ3) is 4.94. The predicted octanol–water partition coefficient (Wildman–Crippen LogP) is 5.18. The number of hydrogen-bond acceptors (Lipinski definition) is 3. The van der Waals surface area contributed by atoms with Crippen molar-refractivity contribution in [2.24, 2.45) is 7.05 Å². The molecule has 0 amide bonds. The monoisotopic (exact) mass is 514 g/mol. The Morgan fingerprint density at radius 2 is 2.03 bits per heavy atom. The Labute approximate surface area is 193 Å². The maximum absolute atomic E-state index is 6.32. The smallest absolute Gasteiger partial charge is 0.173 e. The molecule has 0 bridgehead atoms. The fourth-order valence-electron chi connectivity index (χ4n) is 2.96. The van der Waals surface area contributed by atoms with Gasteiger partial charge in [-0.25, -0.2) is 0 Å². The first kappa shape index (κ1) is 22.1. The average Bonchev–Trinajstić information content (AvgIpc) is 3.11. The van der Waals surface area contributed by atoms with Gasteiger partial charge in [0.05, 0.1) is 46.5 Å². The van der Waals surface area contributed by atoms with E-state index < -0.39 is 0 Å². The minimum absolute atomic E-state index is 0.551. The molecule has 0 saturated heterocycles. The lowest BCUT2D eigenvalue weighted by molar-refractivity contribution is 0.481. The van der Waals surface area contributed by atoms with Crippen LogP contribution in [0.15, 0.2) is 28.9 Å². The number of anilines is 1. The second-order valence-electron chi connectivity index (χ2n) is 6.79. The summed E-state index contributed by atoms with van der Waals surface area (Å²) in [5.41, 5.74) is 4.74. The van der Waals surface area contributed by atoms with E-state index in [0.29, 0.717) is 28.2 Å². The minimum atomic E-state index is 0.551. The molecule has 0 fully saturated rings. The normalized spacial score (nSPS) is 11.0. The summed E-state index contributed by atoms with van der Waals surface area (Å²) in [6.07, 6.45) is 1.78. The zero-order valence-electron chi connectivity index (χ0n) is 16.5. The van der Waals surface area contributed by atoms with Crippen molar-refractivity contribution in [2.45, 2.75) is 26.9 Å². The van der Waals surface area contributed by atoms with E-state index >= 15 is 0 Å². The number of nitrogens with zero attached hydrogens (tertiary/aromatic N) is 5. The maximum atomic E-state index is 6.32. The molecule has 29 heavy (non-hydrogen) atoms. The van der Waals surface area contributed by atoms with Crippen molar-refractivity contribution in [1.29, 1.82) is 0 Å². The molecular formula is C19H21BrCl2N6S. The van der Waals surface area contributed by atoms with E-state index in [1.165, 1.54) is 0 Å². The van der Waals surface area contributed by atoms with Gasteiger partial charge in [-0.15, -0.1) is 0 Å². The van der Waals surface area contributed by atoms with Crippen LogP contribution in [0.2, 0.25) is 10.0 Å². The largest absolute Gasteiger partial charge is 0.346 e. The van der Waals surface area contributed by atoms with Crippen molar-refractivity contribution in [1.82, 2.24) is 24.5 Å². The van der Waals surface area contributed by atoms with Gasteiger partial charge >= 0.3 is 0 Å². The summed E-state index contributed by atoms with van der Waals surface area (Å²) in [5, 5.41) is 14.1. The van der Waals surface area contributed by atoms with Crippen LogP contribution in [-0.2, 0) is 20.1 Å². The van der Waals surface area contributed by atoms with Gasteiger partial charge in [-0.05, 0) is 59.7 Å². The number of halogens is 3. The summed E-state index contributed by atoms with van der Waals surface area (Å²) < 4.78 is 4.69. The highest BCUT2D eigenvalue weighted by atomic mass is 79.9. The molecule has 0 spiro atoms. The summed E-state index contributed by atoms with van der Waals surface area (Å²) in [5.74, 6) is 0. The summed E-state index contributed by atoms with van der Waals surface area (Å²) in [4.78, 5) is 1.96. The molecule has 0 saturated carbocycles. The number of nitrogens with one attached hydrogen (secondary N) is 1. The van der Waals surface area contributed by atoms with Gasteiger partial charge in [0.15, 0.2) is 5.11 Å². The Bertz CT molecular complexity index is 1040. The van der Waals surface area contributed by atoms with Crippen molar-refractivity contribution in [3.8, 4) is 0 Å². The molecular weight excluding hydrogens is 495 g/mol. The zero-order chi connectivity index (χ0) is 21.3. The summed E-state index contributed by atoms with van der Waals surface area (Å²) in [6, 6.07) is 5.48. The second kappa shape index (κ2) is 9.04. The minimum Gasteiger partial charge on any atom is -0.346 e. The Morgan fingerprint density at radius 1 is 1.31 bits per heavy atom. The van der Waals surface area contributed by atoms with Crippen molar-refractivity contribution in [3.63, 3.8) is 0 Å². The lowest BCUT2D eigenvalue weighted by atomic mass is 10.2. The molecule has 2 aromatic heterocycles. The Hall–Kier alpha value is -1.61. The van der Waals surface area contributed by atoms with E-state index in [9.17, 15) is 0 Å². The molecule has 154 valence electrons. The number of aryl methyl sites for hydroxylation is 2. The lowest BCUT2D eigenvalue weighted by Gasteiger charge is -2.21. The topological polar surface area (TPSA) is 50.9 Å². The van der Waals surface area contributed by atoms with E-state index in [1.807, 2.05) is 54.3 Å². The molecule has 0 aliphatic heterocycles. The molecule has 2 heterocycles. The molecule has 0 unspecified atom stereocenters. The van der Waals surface area contributed by atoms with Crippen LogP contribution in [0.4, 0.5) is 5.69 Å². The first-order valence-electron chi connectivity index (χ1n) is 8.83. The Balaban J connectivity index is 1.75. The van der Waals surface area contributed by atoms with E-state index in [1.54, 1.807) is 12.3 Å². The molecule has 3 aromatic rings. The van der Waals surface area contributed by atoms with Gasteiger partial charge in [0.2, 0.25) is 0 Å². The third-order valence-corrected chi connectivity index (χ3v) is 6.36. The molecule has 0 atom stereocenters. The van der Waals surface area contributed by atoms with Crippen LogP contribution in [-0.4, -0.2) is 36.6 Å². The predicted molar refractivity (Wildman–Crippen MR) is 126 cm³/mol. The zero-order valence-corrected chi connectivity index (χ0v) is 20.4. The lowest BCUT2D eigenvalue weighted by Crippen LogP contribution is -2.31. The highest BCUT2D eigenvalue weighted by molar-refractivity contribution is 9.10. The molecule has 1 aromatic carbocycles. The van der Waals surface area contributed by atoms with E-state index in [2.05, 4.69) is 31.4 Å². The number of rotatable bonds is 5. The molecule has 3 rings (SSSR count). The fraction of sp³-hybridized carbons (Fsp3) is 0.316. The highest BCUT2D eigenvalue weighted by Crippen LogP contribution is 2.25. The van der Waals surface area contributed by atoms with E-state index in [-0.39, 0.29) is 0 Å². The van der Waals surface area contributed by atoms with E-state index in [0.717, 1.165) is 32.8 Å². The summed E-state index contributed by atoms with van der Waals surface area (Å²) in [7, 11) is 3.85. The van der Waals surface area contributed by atoms with Crippen molar-refractivity contribution >= 4 is 62.1 Å². The van der Waals surface area contributed by atoms with Gasteiger partial charge < -0.3 is 10.2 Å². The molecule has 6 nitrogen and oxygen atoms in total. The van der Waals surface area contributed by atoms with Crippen molar-refractivity contribution in [2.75, 3.05) is 12.4 Å². The van der Waals surface area contributed by atoms with Crippen LogP contribution >= 0.6 is 51.3 Å². The van der Waals surface area contributed by atoms with Gasteiger partial charge in [0.1, 0.15) is 0 Å². The number of aromatic nitrogens is 4. The van der Waals surface area contributed by atoms with Crippen LogP contribution < -0.4 is 5.32 Å². The van der Waals surface area contributed by atoms with Crippen LogP contribution in [0.1, 0.15) is 22.6 Å². The third-order valence-electron chi connectivity index (χ3n) is 4.69. The Morgan fingerprint density at radius 3 is 2.66 bits per heavy atom. The molecule has 0 aliphatic carbocycles. The fourth-order valence-corrected chi connectivity index (χ4v) is 4.06. The van der Waals surface area contributed by atoms with Crippen LogP contribution in [0.25, 0.3) is 0 Å². The van der Waals surface area contributed by atoms with Gasteiger partial charge in [0, 0.05) is 24.1 Å². The summed E-state index contributed by atoms with van der Waals surface area (Å²) >= 11 is 21.4. The quantitative estimate of drug-likeness (QED) is 0.474. The average molecular weight is 516 g/mol. The highest BCUT2D eigenvalue weighted by Gasteiger charge is 2.17. The maximum Gasteiger partial charge on any atom is 0.173 e. The van der Waals surface area contributed by atoms with Crippen LogP contribution in [0.3, 0.4) is 0 Å². The molecule has 10 heteroatoms. The van der Waals surface area contributed by atoms with Crippen molar-refractivity contribution in [3.05, 3.63) is 61.6 Å². The second-order valence-corrected chi connectivity index (χ2v) is 8.87. The van der Waals surface area contributed by atoms with Crippen LogP contribution in [0, 0.1) is 13.8 Å². The van der Waals surface area contributed by atoms with Gasteiger partial charge in [-0.3, -0.25) is 9.36 Å². The van der Waals surface area contributed by atoms with Gasteiger partial charge in [-0.1, -0.05) is 29.3 Å². The number of benzene rings is 1. The molecule has 0 aliphatic rings. The first-order chi connectivity index (χ1) is 13.7. The van der Waals surface area contributed by atoms with Crippen molar-refractivity contribution < 1.29 is 0 Å². The standard InChI is InChI=1S/C19H21BrCl2N6S/c1-11-18(24-19(29)26(3)10-17-15(20)8-23-27(17)4)12(2)28(25-11)9-13-5-6-14(21)7-16(13)22/h5-8H,9-10H2,1-4H3,(H,24,29). The molecule has 0 radical (unpaired) electrons. The van der Waals surface area contributed by atoms with Gasteiger partial charge in [-0.2, -0.15) is 10.2 Å². The molecule has 1 N–H and O–H groups in total. The van der Waals surface area contributed by atoms with Gasteiger partial charge in [0.25, 0.3) is 0 Å². The first-order valence-corrected chi connectivity index (χ1v) is 10.8. The SMILES string of the molecule is Cc1nn(Cc2ccc(Cl)cc2Cl)c(C)c1NC(=S)N(C)Cc1c(Br)cnn1C.